The number of amides is 1. The summed E-state index contributed by atoms with van der Waals surface area (Å²) in [7, 11) is 0. The number of carbonyl (C=O) groups excluding carboxylic acids is 1. The molecule has 3 saturated heterocycles. The highest BCUT2D eigenvalue weighted by atomic mass is 35.5. The number of aromatic nitrogens is 1. The van der Waals surface area contributed by atoms with Gasteiger partial charge in [0, 0.05) is 36.7 Å². The van der Waals surface area contributed by atoms with Crippen molar-refractivity contribution >= 4 is 24.1 Å². The van der Waals surface area contributed by atoms with Gasteiger partial charge in [0.1, 0.15) is 5.82 Å². The van der Waals surface area contributed by atoms with E-state index in [9.17, 15) is 18.0 Å². The van der Waals surface area contributed by atoms with Gasteiger partial charge in [-0.3, -0.25) is 9.69 Å². The Morgan fingerprint density at radius 3 is 2.54 bits per heavy atom. The van der Waals surface area contributed by atoms with E-state index >= 15 is 0 Å². The zero-order valence-corrected chi connectivity index (χ0v) is 13.8. The van der Waals surface area contributed by atoms with E-state index in [1.165, 1.54) is 4.90 Å². The quantitative estimate of drug-likeness (QED) is 0.835. The van der Waals surface area contributed by atoms with Crippen LogP contribution in [0.25, 0.3) is 0 Å². The molecule has 2 unspecified atom stereocenters. The third kappa shape index (κ3) is 2.99. The average Bonchev–Trinajstić information content (AvgIpc) is 2.98. The second-order valence-corrected chi connectivity index (χ2v) is 7.10. The van der Waals surface area contributed by atoms with Gasteiger partial charge in [0.25, 0.3) is 0 Å². The Morgan fingerprint density at radius 1 is 1.25 bits per heavy atom. The molecule has 24 heavy (non-hydrogen) atoms. The Balaban J connectivity index is 0.00000169. The molecule has 132 valence electrons. The van der Waals surface area contributed by atoms with Gasteiger partial charge in [0.05, 0.1) is 5.56 Å². The number of rotatable bonds is 1. The molecule has 1 amide bonds. The van der Waals surface area contributed by atoms with Gasteiger partial charge >= 0.3 is 6.18 Å². The molecular formula is C16H19ClF3N3O. The number of halogens is 4. The minimum Gasteiger partial charge on any atom is -0.311 e. The fourth-order valence-corrected chi connectivity index (χ4v) is 4.47. The smallest absolute Gasteiger partial charge is 0.311 e. The minimum atomic E-state index is -4.42. The molecule has 0 saturated carbocycles. The number of carbonyl (C=O) groups is 1. The van der Waals surface area contributed by atoms with E-state index in [0.29, 0.717) is 25.0 Å². The first-order valence-electron chi connectivity index (χ1n) is 7.94. The summed E-state index contributed by atoms with van der Waals surface area (Å²) in [5.74, 6) is 0.00528. The van der Waals surface area contributed by atoms with Crippen LogP contribution in [0, 0.1) is 5.41 Å². The lowest BCUT2D eigenvalue weighted by molar-refractivity contribution is -0.137. The Kier molecular flexibility index (Phi) is 4.28. The lowest BCUT2D eigenvalue weighted by Gasteiger charge is -2.37. The van der Waals surface area contributed by atoms with E-state index in [1.807, 2.05) is 0 Å². The molecule has 2 atom stereocenters. The van der Waals surface area contributed by atoms with E-state index < -0.39 is 11.7 Å². The minimum absolute atomic E-state index is 0. The van der Waals surface area contributed by atoms with Gasteiger partial charge in [-0.1, -0.05) is 0 Å². The van der Waals surface area contributed by atoms with Crippen LogP contribution in [0.3, 0.4) is 0 Å². The number of pyridine rings is 1. The number of fused-ring (bicyclic) bond motifs is 2. The third-order valence-electron chi connectivity index (χ3n) is 5.36. The molecule has 4 nitrogen and oxygen atoms in total. The van der Waals surface area contributed by atoms with E-state index in [-0.39, 0.29) is 29.5 Å². The summed E-state index contributed by atoms with van der Waals surface area (Å²) in [6.45, 7) is 0.481. The summed E-state index contributed by atoms with van der Waals surface area (Å²) < 4.78 is 38.6. The fraction of sp³-hybridized carbons (Fsp3) is 0.625. The summed E-state index contributed by atoms with van der Waals surface area (Å²) in [5, 5.41) is 3.55. The normalized spacial score (nSPS) is 32.3. The molecule has 3 aliphatic heterocycles. The van der Waals surface area contributed by atoms with Crippen molar-refractivity contribution in [2.24, 2.45) is 5.41 Å². The van der Waals surface area contributed by atoms with Crippen molar-refractivity contribution in [1.82, 2.24) is 10.3 Å². The topological polar surface area (TPSA) is 45.2 Å². The molecule has 3 fully saturated rings. The van der Waals surface area contributed by atoms with Crippen LogP contribution < -0.4 is 10.2 Å². The first kappa shape index (κ1) is 17.5. The van der Waals surface area contributed by atoms with Crippen molar-refractivity contribution < 1.29 is 18.0 Å². The van der Waals surface area contributed by atoms with Crippen molar-refractivity contribution in [3.8, 4) is 0 Å². The van der Waals surface area contributed by atoms with E-state index in [0.717, 1.165) is 44.0 Å². The number of nitrogens with one attached hydrogen (secondary N) is 1. The average molecular weight is 362 g/mol. The number of alkyl halides is 3. The van der Waals surface area contributed by atoms with Gasteiger partial charge in [-0.05, 0) is 37.8 Å². The first-order chi connectivity index (χ1) is 10.8. The van der Waals surface area contributed by atoms with Crippen LogP contribution >= 0.6 is 12.4 Å². The van der Waals surface area contributed by atoms with Crippen molar-refractivity contribution in [2.45, 2.75) is 50.4 Å². The van der Waals surface area contributed by atoms with Gasteiger partial charge in [-0.15, -0.1) is 12.4 Å². The molecule has 1 aromatic rings. The highest BCUT2D eigenvalue weighted by Gasteiger charge is 2.50. The molecule has 4 heterocycles. The number of anilines is 1. The molecule has 1 spiro atoms. The summed E-state index contributed by atoms with van der Waals surface area (Å²) in [6.07, 6.45) is 1.22. The van der Waals surface area contributed by atoms with Crippen molar-refractivity contribution in [3.63, 3.8) is 0 Å². The Morgan fingerprint density at radius 2 is 1.92 bits per heavy atom. The number of nitrogens with zero attached hydrogens (tertiary/aromatic N) is 2. The largest absolute Gasteiger partial charge is 0.416 e. The Hall–Kier alpha value is -1.34. The molecule has 4 rings (SSSR count). The monoisotopic (exact) mass is 361 g/mol. The third-order valence-corrected chi connectivity index (χ3v) is 5.36. The maximum atomic E-state index is 12.9. The van der Waals surface area contributed by atoms with Gasteiger partial charge in [-0.25, -0.2) is 4.98 Å². The second-order valence-electron chi connectivity index (χ2n) is 7.10. The van der Waals surface area contributed by atoms with Gasteiger partial charge in [-0.2, -0.15) is 13.2 Å². The molecule has 1 N–H and O–H groups in total. The van der Waals surface area contributed by atoms with Gasteiger partial charge in [0.2, 0.25) is 5.91 Å². The van der Waals surface area contributed by atoms with Crippen LogP contribution in [-0.2, 0) is 11.0 Å². The maximum absolute atomic E-state index is 12.9. The summed E-state index contributed by atoms with van der Waals surface area (Å²) in [6, 6.07) is 2.80. The summed E-state index contributed by atoms with van der Waals surface area (Å²) in [5.41, 5.74) is -0.869. The summed E-state index contributed by atoms with van der Waals surface area (Å²) >= 11 is 0. The summed E-state index contributed by atoms with van der Waals surface area (Å²) in [4.78, 5) is 17.9. The maximum Gasteiger partial charge on any atom is 0.416 e. The highest BCUT2D eigenvalue weighted by Crippen LogP contribution is 2.47. The second kappa shape index (κ2) is 5.88. The van der Waals surface area contributed by atoms with Crippen molar-refractivity contribution in [1.29, 1.82) is 0 Å². The molecular weight excluding hydrogens is 343 g/mol. The Bertz CT molecular complexity index is 640. The first-order valence-corrected chi connectivity index (χ1v) is 7.94. The van der Waals surface area contributed by atoms with Crippen LogP contribution in [0.15, 0.2) is 18.3 Å². The van der Waals surface area contributed by atoms with Crippen molar-refractivity contribution in [2.75, 3.05) is 11.4 Å². The number of hydrogen-bond acceptors (Lipinski definition) is 3. The van der Waals surface area contributed by atoms with Crippen molar-refractivity contribution in [3.05, 3.63) is 23.9 Å². The predicted molar refractivity (Wildman–Crippen MR) is 85.1 cm³/mol. The fourth-order valence-electron chi connectivity index (χ4n) is 4.47. The molecule has 0 radical (unpaired) electrons. The van der Waals surface area contributed by atoms with E-state index in [4.69, 9.17) is 0 Å². The zero-order valence-electron chi connectivity index (χ0n) is 13.0. The number of hydrogen-bond donors (Lipinski definition) is 1. The lowest BCUT2D eigenvalue weighted by Crippen LogP contribution is -2.45. The van der Waals surface area contributed by atoms with E-state index in [1.54, 1.807) is 0 Å². The van der Waals surface area contributed by atoms with Gasteiger partial charge in [0.15, 0.2) is 0 Å². The standard InChI is InChI=1S/C16H18F3N3O.ClH/c17-16(18,19)10-3-4-20-13(5-10)22-9-15(8-14(22)23)6-11-1-2-12(7-15)21-11;/h3-5,11-12,21H,1-2,6-9H2;1H. The van der Waals surface area contributed by atoms with E-state index in [2.05, 4.69) is 10.3 Å². The molecule has 8 heteroatoms. The molecule has 3 aliphatic rings. The van der Waals surface area contributed by atoms with Crippen LogP contribution in [0.5, 0.6) is 0 Å². The molecule has 2 bridgehead atoms. The molecule has 0 aliphatic carbocycles. The zero-order chi connectivity index (χ0) is 16.2. The predicted octanol–water partition coefficient (Wildman–Crippen LogP) is 3.16. The number of piperidine rings is 1. The SMILES string of the molecule is Cl.O=C1CC2(CC3CCC(C2)N3)CN1c1cc(C(F)(F)F)ccn1. The molecule has 0 aromatic carbocycles. The highest BCUT2D eigenvalue weighted by molar-refractivity contribution is 5.95. The Labute approximate surface area is 144 Å². The van der Waals surface area contributed by atoms with Crippen LogP contribution in [0.2, 0.25) is 0 Å². The van der Waals surface area contributed by atoms with Crippen LogP contribution in [-0.4, -0.2) is 29.5 Å². The van der Waals surface area contributed by atoms with Crippen LogP contribution in [0.1, 0.15) is 37.7 Å². The van der Waals surface area contributed by atoms with Crippen LogP contribution in [0.4, 0.5) is 19.0 Å². The molecule has 1 aromatic heterocycles. The van der Waals surface area contributed by atoms with Gasteiger partial charge < -0.3 is 5.32 Å². The lowest BCUT2D eigenvalue weighted by atomic mass is 9.75.